The Labute approximate surface area is 224 Å². The Kier molecular flexibility index (Phi) is 6.89. The third-order valence-corrected chi connectivity index (χ3v) is 7.44. The molecule has 2 heterocycles. The van der Waals surface area contributed by atoms with Crippen LogP contribution in [0.2, 0.25) is 0 Å². The Morgan fingerprint density at radius 3 is 1.95 bits per heavy atom. The van der Waals surface area contributed by atoms with Crippen LogP contribution in [0.1, 0.15) is 15.2 Å². The molecule has 0 aliphatic heterocycles. The van der Waals surface area contributed by atoms with Crippen LogP contribution < -0.4 is 24.7 Å². The molecule has 5 rings (SSSR count). The molecule has 192 valence electrons. The molecule has 0 fully saturated rings. The molecule has 2 aromatic heterocycles. The van der Waals surface area contributed by atoms with Gasteiger partial charge in [-0.3, -0.25) is 4.79 Å². The Balaban J connectivity index is 1.74. The fraction of sp³-hybridized carbons (Fsp3) is 0.133. The third-order valence-electron chi connectivity index (χ3n) is 6.34. The molecule has 0 saturated heterocycles. The van der Waals surface area contributed by atoms with Gasteiger partial charge in [0.2, 0.25) is 5.78 Å². The molecule has 0 amide bonds. The topological polar surface area (TPSA) is 92.9 Å². The summed E-state index contributed by atoms with van der Waals surface area (Å²) in [7, 11) is 6.44. The minimum Gasteiger partial charge on any atom is -0.497 e. The minimum absolute atomic E-state index is 0.172. The van der Waals surface area contributed by atoms with E-state index < -0.39 is 0 Å². The number of fused-ring (bicyclic) bond motifs is 1. The zero-order chi connectivity index (χ0) is 26.8. The predicted molar refractivity (Wildman–Crippen MR) is 151 cm³/mol. The van der Waals surface area contributed by atoms with Crippen LogP contribution in [0, 0.1) is 0 Å². The van der Waals surface area contributed by atoms with Gasteiger partial charge in [-0.15, -0.1) is 11.3 Å². The van der Waals surface area contributed by atoms with E-state index in [1.54, 1.807) is 52.7 Å². The lowest BCUT2D eigenvalue weighted by Crippen LogP contribution is -2.02. The van der Waals surface area contributed by atoms with Crippen LogP contribution in [-0.4, -0.2) is 39.2 Å². The van der Waals surface area contributed by atoms with E-state index in [2.05, 4.69) is 0 Å². The zero-order valence-corrected chi connectivity index (χ0v) is 22.2. The maximum absolute atomic E-state index is 13.5. The standard InChI is InChI=1S/C30H26N2O5S/c1-34-19-9-5-17(6-10-19)22-16-24(23-15-21(36-3)13-14-25(23)37-4)32-30-26(22)27(31)29(38-30)28(33)18-7-11-20(35-2)12-8-18/h5-16H,31H2,1-4H3. The second-order valence-electron chi connectivity index (χ2n) is 8.43. The summed E-state index contributed by atoms with van der Waals surface area (Å²) in [6, 6.07) is 22.2. The van der Waals surface area contributed by atoms with Gasteiger partial charge in [0, 0.05) is 16.5 Å². The van der Waals surface area contributed by atoms with Gasteiger partial charge in [-0.25, -0.2) is 4.98 Å². The molecule has 0 aliphatic rings. The minimum atomic E-state index is -0.172. The number of benzene rings is 3. The lowest BCUT2D eigenvalue weighted by Gasteiger charge is -2.13. The van der Waals surface area contributed by atoms with Gasteiger partial charge >= 0.3 is 0 Å². The molecule has 0 atom stereocenters. The van der Waals surface area contributed by atoms with Crippen LogP contribution in [0.3, 0.4) is 0 Å². The molecule has 5 aromatic rings. The molecule has 0 spiro atoms. The largest absolute Gasteiger partial charge is 0.497 e. The van der Waals surface area contributed by atoms with Crippen molar-refractivity contribution >= 4 is 33.0 Å². The number of ketones is 1. The Morgan fingerprint density at radius 1 is 0.737 bits per heavy atom. The molecule has 2 N–H and O–H groups in total. The van der Waals surface area contributed by atoms with Gasteiger partial charge < -0.3 is 24.7 Å². The summed E-state index contributed by atoms with van der Waals surface area (Å²) in [5.74, 6) is 2.56. The molecular weight excluding hydrogens is 500 g/mol. The number of rotatable bonds is 8. The average Bonchev–Trinajstić information content (AvgIpc) is 3.32. The summed E-state index contributed by atoms with van der Waals surface area (Å²) in [5, 5.41) is 0.725. The number of hydrogen-bond acceptors (Lipinski definition) is 8. The van der Waals surface area contributed by atoms with E-state index in [-0.39, 0.29) is 5.78 Å². The van der Waals surface area contributed by atoms with E-state index in [1.165, 1.54) is 11.3 Å². The summed E-state index contributed by atoms with van der Waals surface area (Å²) < 4.78 is 21.7. The lowest BCUT2D eigenvalue weighted by molar-refractivity contribution is 0.104. The molecule has 0 saturated carbocycles. The Hall–Kier alpha value is -4.56. The molecule has 0 bridgehead atoms. The number of anilines is 1. The summed E-state index contributed by atoms with van der Waals surface area (Å²) in [4.78, 5) is 19.5. The monoisotopic (exact) mass is 526 g/mol. The lowest BCUT2D eigenvalue weighted by atomic mass is 9.98. The number of carbonyl (C=O) groups is 1. The molecule has 0 unspecified atom stereocenters. The van der Waals surface area contributed by atoms with E-state index in [0.29, 0.717) is 43.9 Å². The molecule has 0 aliphatic carbocycles. The van der Waals surface area contributed by atoms with Crippen molar-refractivity contribution in [3.05, 3.63) is 83.2 Å². The third kappa shape index (κ3) is 4.50. The quantitative estimate of drug-likeness (QED) is 0.231. The zero-order valence-electron chi connectivity index (χ0n) is 21.4. The number of nitrogen functional groups attached to an aromatic ring is 1. The Morgan fingerprint density at radius 2 is 1.34 bits per heavy atom. The van der Waals surface area contributed by atoms with Crippen molar-refractivity contribution in [1.82, 2.24) is 4.98 Å². The first-order valence-corrected chi connectivity index (χ1v) is 12.6. The van der Waals surface area contributed by atoms with Crippen LogP contribution in [0.4, 0.5) is 5.69 Å². The number of methoxy groups -OCH3 is 4. The first-order chi connectivity index (χ1) is 18.5. The number of nitrogens with two attached hydrogens (primary N) is 1. The Bertz CT molecular complexity index is 1630. The van der Waals surface area contributed by atoms with Crippen LogP contribution in [0.15, 0.2) is 72.8 Å². The van der Waals surface area contributed by atoms with E-state index in [1.807, 2.05) is 48.5 Å². The number of carbonyl (C=O) groups excluding carboxylic acids is 1. The van der Waals surface area contributed by atoms with Gasteiger partial charge in [0.05, 0.1) is 39.8 Å². The second-order valence-corrected chi connectivity index (χ2v) is 9.43. The number of ether oxygens (including phenoxy) is 4. The van der Waals surface area contributed by atoms with Crippen molar-refractivity contribution in [2.75, 3.05) is 34.2 Å². The first-order valence-electron chi connectivity index (χ1n) is 11.8. The molecule has 8 heteroatoms. The van der Waals surface area contributed by atoms with Crippen LogP contribution in [0.5, 0.6) is 23.0 Å². The van der Waals surface area contributed by atoms with Crippen molar-refractivity contribution in [3.8, 4) is 45.4 Å². The summed E-state index contributed by atoms with van der Waals surface area (Å²) in [5.41, 5.74) is 10.8. The molecular formula is C30H26N2O5S. The van der Waals surface area contributed by atoms with E-state index >= 15 is 0 Å². The number of hydrogen-bond donors (Lipinski definition) is 1. The first kappa shape index (κ1) is 25.1. The van der Waals surface area contributed by atoms with E-state index in [9.17, 15) is 4.79 Å². The van der Waals surface area contributed by atoms with Crippen molar-refractivity contribution in [2.45, 2.75) is 0 Å². The summed E-state index contributed by atoms with van der Waals surface area (Å²) in [6.45, 7) is 0. The van der Waals surface area contributed by atoms with Crippen molar-refractivity contribution in [2.24, 2.45) is 0 Å². The van der Waals surface area contributed by atoms with Crippen LogP contribution >= 0.6 is 11.3 Å². The van der Waals surface area contributed by atoms with E-state index in [4.69, 9.17) is 29.7 Å². The summed E-state index contributed by atoms with van der Waals surface area (Å²) in [6.07, 6.45) is 0. The fourth-order valence-electron chi connectivity index (χ4n) is 4.31. The highest BCUT2D eigenvalue weighted by Gasteiger charge is 2.23. The highest BCUT2D eigenvalue weighted by Crippen LogP contribution is 2.44. The fourth-order valence-corrected chi connectivity index (χ4v) is 5.40. The average molecular weight is 527 g/mol. The highest BCUT2D eigenvalue weighted by atomic mass is 32.1. The van der Waals surface area contributed by atoms with Gasteiger partial charge in [-0.2, -0.15) is 0 Å². The van der Waals surface area contributed by atoms with Crippen molar-refractivity contribution < 1.29 is 23.7 Å². The van der Waals surface area contributed by atoms with Crippen LogP contribution in [-0.2, 0) is 0 Å². The summed E-state index contributed by atoms with van der Waals surface area (Å²) >= 11 is 1.27. The van der Waals surface area contributed by atoms with Crippen molar-refractivity contribution in [3.63, 3.8) is 0 Å². The SMILES string of the molecule is COc1ccc(C(=O)c2sc3nc(-c4cc(OC)ccc4OC)cc(-c4ccc(OC)cc4)c3c2N)cc1. The predicted octanol–water partition coefficient (Wildman–Crippen LogP) is 6.48. The maximum atomic E-state index is 13.5. The smallest absolute Gasteiger partial charge is 0.205 e. The van der Waals surface area contributed by atoms with Gasteiger partial charge in [0.25, 0.3) is 0 Å². The van der Waals surface area contributed by atoms with Gasteiger partial charge in [-0.1, -0.05) is 12.1 Å². The number of nitrogens with zero attached hydrogens (tertiary/aromatic N) is 1. The van der Waals surface area contributed by atoms with Gasteiger partial charge in [0.1, 0.15) is 32.7 Å². The van der Waals surface area contributed by atoms with E-state index in [0.717, 1.165) is 27.8 Å². The highest BCUT2D eigenvalue weighted by molar-refractivity contribution is 7.21. The molecule has 0 radical (unpaired) electrons. The number of aromatic nitrogens is 1. The number of pyridine rings is 1. The molecule has 3 aromatic carbocycles. The number of thiophene rings is 1. The molecule has 7 nitrogen and oxygen atoms in total. The van der Waals surface area contributed by atoms with Gasteiger partial charge in [-0.05, 0) is 71.8 Å². The second kappa shape index (κ2) is 10.4. The van der Waals surface area contributed by atoms with Crippen LogP contribution in [0.25, 0.3) is 32.6 Å². The maximum Gasteiger partial charge on any atom is 0.205 e. The molecule has 38 heavy (non-hydrogen) atoms. The normalized spacial score (nSPS) is 10.8. The van der Waals surface area contributed by atoms with Gasteiger partial charge in [0.15, 0.2) is 0 Å². The van der Waals surface area contributed by atoms with Crippen molar-refractivity contribution in [1.29, 1.82) is 0 Å².